The number of carboxylic acids is 1. The van der Waals surface area contributed by atoms with Crippen molar-refractivity contribution in [1.29, 1.82) is 0 Å². The fourth-order valence-corrected chi connectivity index (χ4v) is 3.15. The molecular formula is C20H20N2O4S. The average molecular weight is 384 g/mol. The minimum absolute atomic E-state index is 0.0636. The number of carbonyl (C=O) groups excluding carboxylic acids is 2. The molecule has 1 aliphatic rings. The van der Waals surface area contributed by atoms with Crippen LogP contribution in [0.15, 0.2) is 47.4 Å². The lowest BCUT2D eigenvalue weighted by Crippen LogP contribution is -2.15. The van der Waals surface area contributed by atoms with Crippen LogP contribution in [0, 0.1) is 12.8 Å². The van der Waals surface area contributed by atoms with Crippen LogP contribution in [0.25, 0.3) is 0 Å². The molecule has 2 aromatic rings. The molecule has 1 aliphatic carbocycles. The summed E-state index contributed by atoms with van der Waals surface area (Å²) in [6.07, 6.45) is 1.92. The van der Waals surface area contributed by atoms with Gasteiger partial charge in [0, 0.05) is 22.2 Å². The largest absolute Gasteiger partial charge is 0.478 e. The number of aryl methyl sites for hydroxylation is 1. The molecule has 2 aromatic carbocycles. The van der Waals surface area contributed by atoms with Crippen molar-refractivity contribution in [3.63, 3.8) is 0 Å². The van der Waals surface area contributed by atoms with Gasteiger partial charge in [-0.25, -0.2) is 4.79 Å². The Morgan fingerprint density at radius 2 is 1.78 bits per heavy atom. The van der Waals surface area contributed by atoms with E-state index in [4.69, 9.17) is 5.11 Å². The zero-order chi connectivity index (χ0) is 19.4. The van der Waals surface area contributed by atoms with Gasteiger partial charge in [-0.2, -0.15) is 0 Å². The number of carboxylic acid groups (broad SMARTS) is 1. The fourth-order valence-electron chi connectivity index (χ4n) is 2.45. The molecule has 0 atom stereocenters. The Hall–Kier alpha value is -2.80. The van der Waals surface area contributed by atoms with Crippen LogP contribution in [0.5, 0.6) is 0 Å². The Labute approximate surface area is 161 Å². The van der Waals surface area contributed by atoms with E-state index in [1.165, 1.54) is 23.9 Å². The molecule has 2 amide bonds. The second kappa shape index (κ2) is 8.26. The van der Waals surface area contributed by atoms with E-state index in [0.717, 1.165) is 29.0 Å². The van der Waals surface area contributed by atoms with Crippen LogP contribution >= 0.6 is 11.8 Å². The van der Waals surface area contributed by atoms with Crippen molar-refractivity contribution in [2.45, 2.75) is 24.7 Å². The summed E-state index contributed by atoms with van der Waals surface area (Å²) in [5, 5.41) is 14.7. The maximum atomic E-state index is 12.2. The number of carbonyl (C=O) groups is 3. The smallest absolute Gasteiger partial charge is 0.335 e. The Balaban J connectivity index is 1.52. The van der Waals surface area contributed by atoms with Crippen LogP contribution in [0.4, 0.5) is 11.4 Å². The maximum absolute atomic E-state index is 12.2. The maximum Gasteiger partial charge on any atom is 0.335 e. The number of rotatable bonds is 7. The second-order valence-corrected chi connectivity index (χ2v) is 7.51. The van der Waals surface area contributed by atoms with Crippen LogP contribution < -0.4 is 10.6 Å². The average Bonchev–Trinajstić information content (AvgIpc) is 3.48. The second-order valence-electron chi connectivity index (χ2n) is 6.46. The Kier molecular flexibility index (Phi) is 5.81. The fraction of sp³-hybridized carbons (Fsp3) is 0.250. The molecule has 0 spiro atoms. The summed E-state index contributed by atoms with van der Waals surface area (Å²) in [5.74, 6) is -0.824. The van der Waals surface area contributed by atoms with Gasteiger partial charge in [-0.1, -0.05) is 6.07 Å². The first-order valence-electron chi connectivity index (χ1n) is 8.60. The standard InChI is InChI=1S/C20H20N2O4S/c1-12-2-3-14(20(25)26)10-17(12)22-18(23)11-27-16-8-6-15(7-9-16)21-19(24)13-4-5-13/h2-3,6-10,13H,4-5,11H2,1H3,(H,21,24)(H,22,23)(H,25,26). The predicted molar refractivity (Wildman–Crippen MR) is 105 cm³/mol. The molecule has 3 rings (SSSR count). The van der Waals surface area contributed by atoms with E-state index in [-0.39, 0.29) is 29.0 Å². The van der Waals surface area contributed by atoms with Gasteiger partial charge in [0.2, 0.25) is 11.8 Å². The number of benzene rings is 2. The molecule has 0 aromatic heterocycles. The molecule has 0 radical (unpaired) electrons. The van der Waals surface area contributed by atoms with Crippen LogP contribution in [0.1, 0.15) is 28.8 Å². The first-order valence-corrected chi connectivity index (χ1v) is 9.58. The Bertz CT molecular complexity index is 876. The van der Waals surface area contributed by atoms with Crippen LogP contribution in [-0.2, 0) is 9.59 Å². The minimum Gasteiger partial charge on any atom is -0.478 e. The van der Waals surface area contributed by atoms with Gasteiger partial charge in [-0.05, 0) is 61.7 Å². The molecule has 1 saturated carbocycles. The van der Waals surface area contributed by atoms with Crippen molar-refractivity contribution in [2.24, 2.45) is 5.92 Å². The molecule has 0 heterocycles. The van der Waals surface area contributed by atoms with Crippen molar-refractivity contribution < 1.29 is 19.5 Å². The predicted octanol–water partition coefficient (Wildman–Crippen LogP) is 3.77. The number of anilines is 2. The molecule has 0 bridgehead atoms. The molecule has 7 heteroatoms. The van der Waals surface area contributed by atoms with Crippen LogP contribution in [-0.4, -0.2) is 28.6 Å². The van der Waals surface area contributed by atoms with E-state index >= 15 is 0 Å². The summed E-state index contributed by atoms with van der Waals surface area (Å²) in [7, 11) is 0. The Morgan fingerprint density at radius 1 is 1.07 bits per heavy atom. The van der Waals surface area contributed by atoms with E-state index in [0.29, 0.717) is 5.69 Å². The lowest BCUT2D eigenvalue weighted by atomic mass is 10.1. The van der Waals surface area contributed by atoms with Gasteiger partial charge < -0.3 is 15.7 Å². The summed E-state index contributed by atoms with van der Waals surface area (Å²) >= 11 is 1.37. The molecule has 3 N–H and O–H groups in total. The first kappa shape index (κ1) is 19.0. The molecule has 1 fully saturated rings. The number of nitrogens with one attached hydrogen (secondary N) is 2. The highest BCUT2D eigenvalue weighted by Crippen LogP contribution is 2.30. The van der Waals surface area contributed by atoms with Crippen LogP contribution in [0.3, 0.4) is 0 Å². The zero-order valence-corrected chi connectivity index (χ0v) is 15.6. The van der Waals surface area contributed by atoms with Crippen molar-refractivity contribution >= 4 is 40.9 Å². The van der Waals surface area contributed by atoms with Gasteiger partial charge in [-0.3, -0.25) is 9.59 Å². The van der Waals surface area contributed by atoms with Crippen molar-refractivity contribution in [1.82, 2.24) is 0 Å². The zero-order valence-electron chi connectivity index (χ0n) is 14.8. The lowest BCUT2D eigenvalue weighted by Gasteiger charge is -2.10. The summed E-state index contributed by atoms with van der Waals surface area (Å²) in [6.45, 7) is 1.81. The van der Waals surface area contributed by atoms with E-state index in [1.807, 2.05) is 31.2 Å². The highest BCUT2D eigenvalue weighted by molar-refractivity contribution is 8.00. The van der Waals surface area contributed by atoms with Gasteiger partial charge >= 0.3 is 5.97 Å². The van der Waals surface area contributed by atoms with Gasteiger partial charge in [-0.15, -0.1) is 11.8 Å². The first-order chi connectivity index (χ1) is 12.9. The third-order valence-corrected chi connectivity index (χ3v) is 5.21. The van der Waals surface area contributed by atoms with Gasteiger partial charge in [0.25, 0.3) is 0 Å². The third-order valence-electron chi connectivity index (χ3n) is 4.20. The normalized spacial score (nSPS) is 13.1. The summed E-state index contributed by atoms with van der Waals surface area (Å²) in [6, 6.07) is 12.0. The Morgan fingerprint density at radius 3 is 2.41 bits per heavy atom. The number of hydrogen-bond acceptors (Lipinski definition) is 4. The van der Waals surface area contributed by atoms with Gasteiger partial charge in [0.05, 0.1) is 11.3 Å². The van der Waals surface area contributed by atoms with Crippen LogP contribution in [0.2, 0.25) is 0 Å². The minimum atomic E-state index is -1.03. The number of thioether (sulfide) groups is 1. The topological polar surface area (TPSA) is 95.5 Å². The summed E-state index contributed by atoms with van der Waals surface area (Å²) in [5.41, 5.74) is 2.18. The quantitative estimate of drug-likeness (QED) is 0.632. The SMILES string of the molecule is Cc1ccc(C(=O)O)cc1NC(=O)CSc1ccc(NC(=O)C2CC2)cc1. The summed E-state index contributed by atoms with van der Waals surface area (Å²) in [4.78, 5) is 35.9. The van der Waals surface area contributed by atoms with Crippen molar-refractivity contribution in [3.8, 4) is 0 Å². The number of aromatic carboxylic acids is 1. The van der Waals surface area contributed by atoms with E-state index < -0.39 is 5.97 Å². The molecule has 0 saturated heterocycles. The molecule has 27 heavy (non-hydrogen) atoms. The van der Waals surface area contributed by atoms with E-state index in [9.17, 15) is 14.4 Å². The molecule has 6 nitrogen and oxygen atoms in total. The van der Waals surface area contributed by atoms with Gasteiger partial charge in [0.1, 0.15) is 0 Å². The number of amides is 2. The highest BCUT2D eigenvalue weighted by Gasteiger charge is 2.29. The summed E-state index contributed by atoms with van der Waals surface area (Å²) < 4.78 is 0. The third kappa shape index (κ3) is 5.34. The molecule has 0 unspecified atom stereocenters. The number of hydrogen-bond donors (Lipinski definition) is 3. The van der Waals surface area contributed by atoms with E-state index in [1.54, 1.807) is 6.07 Å². The van der Waals surface area contributed by atoms with Crippen molar-refractivity contribution in [2.75, 3.05) is 16.4 Å². The molecule has 0 aliphatic heterocycles. The van der Waals surface area contributed by atoms with Crippen molar-refractivity contribution in [3.05, 3.63) is 53.6 Å². The highest BCUT2D eigenvalue weighted by atomic mass is 32.2. The lowest BCUT2D eigenvalue weighted by molar-refractivity contribution is -0.117. The molecule has 140 valence electrons. The van der Waals surface area contributed by atoms with E-state index in [2.05, 4.69) is 10.6 Å². The molecular weight excluding hydrogens is 364 g/mol. The van der Waals surface area contributed by atoms with Gasteiger partial charge in [0.15, 0.2) is 0 Å². The monoisotopic (exact) mass is 384 g/mol.